The number of rotatable bonds is 31. The summed E-state index contributed by atoms with van der Waals surface area (Å²) in [5, 5.41) is 0. The Labute approximate surface area is 270 Å². The van der Waals surface area contributed by atoms with Crippen molar-refractivity contribution in [2.45, 2.75) is 206 Å². The summed E-state index contributed by atoms with van der Waals surface area (Å²) in [6.45, 7) is 6.88. The number of unbranched alkanes of at least 4 members (excludes halogenated alkanes) is 25. The van der Waals surface area contributed by atoms with Crippen LogP contribution in [0.15, 0.2) is 42.7 Å². The van der Waals surface area contributed by atoms with Gasteiger partial charge in [-0.25, -0.2) is 0 Å². The molecule has 2 nitrogen and oxygen atoms in total. The largest absolute Gasteiger partial charge is 0.356 e. The SMILES string of the molecule is CCCCCCCCCCCCCCCCCCN1C=CN(Cc2ccccc2)C1CCCCCCCCCCCCC. The maximum absolute atomic E-state index is 2.67. The van der Waals surface area contributed by atoms with Gasteiger partial charge < -0.3 is 9.80 Å². The maximum atomic E-state index is 2.67. The summed E-state index contributed by atoms with van der Waals surface area (Å²) < 4.78 is 0. The molecule has 0 fully saturated rings. The van der Waals surface area contributed by atoms with Gasteiger partial charge in [-0.2, -0.15) is 0 Å². The van der Waals surface area contributed by atoms with Gasteiger partial charge in [0.25, 0.3) is 0 Å². The summed E-state index contributed by atoms with van der Waals surface area (Å²) in [4.78, 5) is 5.28. The van der Waals surface area contributed by atoms with Crippen LogP contribution in [0.3, 0.4) is 0 Å². The molecule has 0 aliphatic carbocycles. The number of benzene rings is 1. The van der Waals surface area contributed by atoms with E-state index < -0.39 is 0 Å². The second kappa shape index (κ2) is 28.1. The molecule has 1 aliphatic heterocycles. The zero-order valence-corrected chi connectivity index (χ0v) is 29.2. The molecule has 1 unspecified atom stereocenters. The van der Waals surface area contributed by atoms with E-state index in [1.807, 2.05) is 0 Å². The van der Waals surface area contributed by atoms with Crippen LogP contribution >= 0.6 is 0 Å². The minimum absolute atomic E-state index is 0.551. The van der Waals surface area contributed by atoms with E-state index in [9.17, 15) is 0 Å². The van der Waals surface area contributed by atoms with E-state index in [4.69, 9.17) is 0 Å². The lowest BCUT2D eigenvalue weighted by Gasteiger charge is -2.33. The van der Waals surface area contributed by atoms with Gasteiger partial charge in [0, 0.05) is 25.5 Å². The number of hydrogen-bond donors (Lipinski definition) is 0. The third-order valence-electron chi connectivity index (χ3n) is 9.76. The number of hydrogen-bond acceptors (Lipinski definition) is 2. The van der Waals surface area contributed by atoms with Crippen molar-refractivity contribution in [1.29, 1.82) is 0 Å². The predicted octanol–water partition coefficient (Wildman–Crippen LogP) is 13.6. The standard InChI is InChI=1S/C41H74N2/c1-3-5-7-9-11-13-15-16-17-18-19-21-23-25-27-32-36-42-37-38-43(39-40-33-29-28-30-34-40)41(42)35-31-26-24-22-20-14-12-10-8-6-4-2/h28-30,33-34,37-38,41H,3-27,31-32,35-36,39H2,1-2H3. The minimum Gasteiger partial charge on any atom is -0.356 e. The second-order valence-corrected chi connectivity index (χ2v) is 13.8. The third-order valence-corrected chi connectivity index (χ3v) is 9.76. The second-order valence-electron chi connectivity index (χ2n) is 13.8. The van der Waals surface area contributed by atoms with E-state index in [2.05, 4.69) is 66.4 Å². The molecular weight excluding hydrogens is 520 g/mol. The highest BCUT2D eigenvalue weighted by atomic mass is 15.4. The van der Waals surface area contributed by atoms with E-state index in [0.29, 0.717) is 6.17 Å². The summed E-state index contributed by atoms with van der Waals surface area (Å²) >= 11 is 0. The Morgan fingerprint density at radius 2 is 0.791 bits per heavy atom. The molecule has 1 aromatic carbocycles. The van der Waals surface area contributed by atoms with Crippen molar-refractivity contribution in [2.24, 2.45) is 0 Å². The molecule has 1 heterocycles. The Bertz CT molecular complexity index is 728. The van der Waals surface area contributed by atoms with Gasteiger partial charge >= 0.3 is 0 Å². The monoisotopic (exact) mass is 595 g/mol. The zero-order chi connectivity index (χ0) is 30.5. The smallest absolute Gasteiger partial charge is 0.101 e. The fourth-order valence-corrected chi connectivity index (χ4v) is 6.90. The number of nitrogens with zero attached hydrogens (tertiary/aromatic N) is 2. The molecular formula is C41H74N2. The van der Waals surface area contributed by atoms with E-state index in [1.54, 1.807) is 0 Å². The molecule has 2 heteroatoms. The molecule has 0 spiro atoms. The van der Waals surface area contributed by atoms with Gasteiger partial charge in [0.05, 0.1) is 0 Å². The third kappa shape index (κ3) is 20.3. The summed E-state index contributed by atoms with van der Waals surface area (Å²) in [5.74, 6) is 0. The average Bonchev–Trinajstić information content (AvgIpc) is 3.40. The van der Waals surface area contributed by atoms with Gasteiger partial charge in [0.1, 0.15) is 6.17 Å². The lowest BCUT2D eigenvalue weighted by molar-refractivity contribution is 0.132. The summed E-state index contributed by atoms with van der Waals surface area (Å²) in [6, 6.07) is 11.1. The van der Waals surface area contributed by atoms with Crippen molar-refractivity contribution in [3.63, 3.8) is 0 Å². The van der Waals surface area contributed by atoms with Crippen LogP contribution in [-0.4, -0.2) is 22.5 Å². The molecule has 43 heavy (non-hydrogen) atoms. The van der Waals surface area contributed by atoms with Crippen LogP contribution in [-0.2, 0) is 6.54 Å². The fourth-order valence-electron chi connectivity index (χ4n) is 6.90. The van der Waals surface area contributed by atoms with Crippen molar-refractivity contribution in [3.05, 3.63) is 48.3 Å². The van der Waals surface area contributed by atoms with E-state index in [0.717, 1.165) is 6.54 Å². The van der Waals surface area contributed by atoms with Gasteiger partial charge in [-0.05, 0) is 24.8 Å². The molecule has 2 rings (SSSR count). The highest BCUT2D eigenvalue weighted by Gasteiger charge is 2.25. The van der Waals surface area contributed by atoms with Crippen LogP contribution in [0, 0.1) is 0 Å². The fraction of sp³-hybridized carbons (Fsp3) is 0.805. The molecule has 0 amide bonds. The first-order valence-electron chi connectivity index (χ1n) is 19.6. The molecule has 1 atom stereocenters. The normalized spacial score (nSPS) is 14.8. The van der Waals surface area contributed by atoms with E-state index >= 15 is 0 Å². The first kappa shape index (κ1) is 37.7. The van der Waals surface area contributed by atoms with Gasteiger partial charge in [0.2, 0.25) is 0 Å². The van der Waals surface area contributed by atoms with Crippen molar-refractivity contribution in [1.82, 2.24) is 9.80 Å². The lowest BCUT2D eigenvalue weighted by Crippen LogP contribution is -2.38. The van der Waals surface area contributed by atoms with Crippen molar-refractivity contribution in [2.75, 3.05) is 6.54 Å². The maximum Gasteiger partial charge on any atom is 0.101 e. The van der Waals surface area contributed by atoms with Gasteiger partial charge in [-0.15, -0.1) is 0 Å². The van der Waals surface area contributed by atoms with E-state index in [-0.39, 0.29) is 0 Å². The quantitative estimate of drug-likeness (QED) is 0.0789. The molecule has 248 valence electrons. The van der Waals surface area contributed by atoms with Crippen molar-refractivity contribution >= 4 is 0 Å². The van der Waals surface area contributed by atoms with Crippen LogP contribution < -0.4 is 0 Å². The Morgan fingerprint density at radius 1 is 0.419 bits per heavy atom. The Hall–Kier alpha value is -1.44. The van der Waals surface area contributed by atoms with Crippen molar-refractivity contribution < 1.29 is 0 Å². The molecule has 0 bridgehead atoms. The van der Waals surface area contributed by atoms with Crippen LogP contribution in [0.5, 0.6) is 0 Å². The van der Waals surface area contributed by atoms with Crippen LogP contribution in [0.4, 0.5) is 0 Å². The lowest BCUT2D eigenvalue weighted by atomic mass is 10.0. The molecule has 0 radical (unpaired) electrons. The predicted molar refractivity (Wildman–Crippen MR) is 192 cm³/mol. The highest BCUT2D eigenvalue weighted by molar-refractivity contribution is 5.16. The molecule has 1 aromatic rings. The van der Waals surface area contributed by atoms with Crippen LogP contribution in [0.2, 0.25) is 0 Å². The highest BCUT2D eigenvalue weighted by Crippen LogP contribution is 2.25. The molecule has 0 aromatic heterocycles. The molecule has 0 N–H and O–H groups in total. The summed E-state index contributed by atoms with van der Waals surface area (Å²) in [5.41, 5.74) is 1.43. The first-order valence-corrected chi connectivity index (χ1v) is 19.6. The Kier molecular flexibility index (Phi) is 24.6. The first-order chi connectivity index (χ1) is 21.3. The average molecular weight is 595 g/mol. The van der Waals surface area contributed by atoms with Gasteiger partial charge in [-0.1, -0.05) is 205 Å². The summed E-state index contributed by atoms with van der Waals surface area (Å²) in [6.07, 6.45) is 45.3. The zero-order valence-electron chi connectivity index (χ0n) is 29.2. The minimum atomic E-state index is 0.551. The Balaban J connectivity index is 1.53. The summed E-state index contributed by atoms with van der Waals surface area (Å²) in [7, 11) is 0. The van der Waals surface area contributed by atoms with Gasteiger partial charge in [-0.3, -0.25) is 0 Å². The van der Waals surface area contributed by atoms with E-state index in [1.165, 1.54) is 192 Å². The Morgan fingerprint density at radius 3 is 1.23 bits per heavy atom. The van der Waals surface area contributed by atoms with Crippen LogP contribution in [0.1, 0.15) is 199 Å². The van der Waals surface area contributed by atoms with Crippen molar-refractivity contribution in [3.8, 4) is 0 Å². The molecule has 1 aliphatic rings. The van der Waals surface area contributed by atoms with Gasteiger partial charge in [0.15, 0.2) is 0 Å². The van der Waals surface area contributed by atoms with Crippen LogP contribution in [0.25, 0.3) is 0 Å². The molecule has 0 saturated heterocycles. The topological polar surface area (TPSA) is 6.48 Å². The molecule has 0 saturated carbocycles.